The third kappa shape index (κ3) is 0.864. The van der Waals surface area contributed by atoms with Crippen molar-refractivity contribution in [2.24, 2.45) is 11.7 Å². The Labute approximate surface area is 55.4 Å². The highest BCUT2D eigenvalue weighted by Crippen LogP contribution is 2.33. The lowest BCUT2D eigenvalue weighted by Crippen LogP contribution is -2.24. The van der Waals surface area contributed by atoms with Crippen molar-refractivity contribution >= 4 is 0 Å². The molecule has 52 valence electrons. The van der Waals surface area contributed by atoms with Crippen LogP contribution in [0, 0.1) is 5.92 Å². The predicted molar refractivity (Wildman–Crippen MR) is 35.1 cm³/mol. The molecule has 1 aliphatic carbocycles. The first kappa shape index (κ1) is 5.69. The lowest BCUT2D eigenvalue weighted by atomic mass is 10.0. The second-order valence-corrected chi connectivity index (χ2v) is 3.18. The minimum absolute atomic E-state index is 0.442. The van der Waals surface area contributed by atoms with Crippen molar-refractivity contribution in [3.63, 3.8) is 0 Å². The summed E-state index contributed by atoms with van der Waals surface area (Å²) in [6.07, 6.45) is 4.03. The van der Waals surface area contributed by atoms with Crippen LogP contribution in [0.1, 0.15) is 19.3 Å². The Bertz CT molecular complexity index is 113. The van der Waals surface area contributed by atoms with Gasteiger partial charge in [0, 0.05) is 12.6 Å². The molecule has 2 N–H and O–H groups in total. The van der Waals surface area contributed by atoms with Crippen LogP contribution in [-0.4, -0.2) is 18.8 Å². The van der Waals surface area contributed by atoms with Crippen LogP contribution in [0.15, 0.2) is 0 Å². The molecule has 2 fully saturated rings. The lowest BCUT2D eigenvalue weighted by Gasteiger charge is -2.19. The maximum absolute atomic E-state index is 5.84. The molecule has 0 aromatic heterocycles. The van der Waals surface area contributed by atoms with Crippen molar-refractivity contribution in [2.45, 2.75) is 31.4 Å². The predicted octanol–water partition coefficient (Wildman–Crippen LogP) is 0.513. The average molecular weight is 127 g/mol. The van der Waals surface area contributed by atoms with E-state index in [1.807, 2.05) is 0 Å². The molecule has 2 nitrogen and oxygen atoms in total. The highest BCUT2D eigenvalue weighted by Gasteiger charge is 2.35. The van der Waals surface area contributed by atoms with E-state index in [0.29, 0.717) is 12.1 Å². The zero-order valence-electron chi connectivity index (χ0n) is 5.55. The summed E-state index contributed by atoms with van der Waals surface area (Å²) in [4.78, 5) is 0. The first-order valence-corrected chi connectivity index (χ1v) is 3.73. The van der Waals surface area contributed by atoms with Gasteiger partial charge in [-0.05, 0) is 25.2 Å². The van der Waals surface area contributed by atoms with Gasteiger partial charge in [-0.2, -0.15) is 0 Å². The molecule has 2 rings (SSSR count). The molecule has 3 unspecified atom stereocenters. The summed E-state index contributed by atoms with van der Waals surface area (Å²) in [6, 6.07) is 0.442. The molecular formula is C7H13NO. The molecule has 0 aromatic rings. The number of ether oxygens (including phenoxy) is 1. The monoisotopic (exact) mass is 127 g/mol. The largest absolute Gasteiger partial charge is 0.378 e. The minimum Gasteiger partial charge on any atom is -0.378 e. The van der Waals surface area contributed by atoms with Crippen LogP contribution < -0.4 is 5.73 Å². The normalized spacial score (nSPS) is 49.7. The van der Waals surface area contributed by atoms with Gasteiger partial charge in [0.15, 0.2) is 0 Å². The number of nitrogens with two attached hydrogens (primary N) is 1. The molecule has 0 radical (unpaired) electrons. The van der Waals surface area contributed by atoms with Gasteiger partial charge in [0.2, 0.25) is 0 Å². The lowest BCUT2D eigenvalue weighted by molar-refractivity contribution is 0.0255. The minimum atomic E-state index is 0.442. The summed E-state index contributed by atoms with van der Waals surface area (Å²) in [6.45, 7) is 0.947. The maximum Gasteiger partial charge on any atom is 0.0593 e. The summed E-state index contributed by atoms with van der Waals surface area (Å²) in [5.41, 5.74) is 5.84. The number of rotatable bonds is 0. The molecule has 0 spiro atoms. The molecule has 1 saturated heterocycles. The molecule has 1 aliphatic heterocycles. The fourth-order valence-corrected chi connectivity index (χ4v) is 1.96. The van der Waals surface area contributed by atoms with E-state index < -0.39 is 0 Å². The zero-order chi connectivity index (χ0) is 6.27. The molecule has 1 heterocycles. The van der Waals surface area contributed by atoms with Gasteiger partial charge in [0.25, 0.3) is 0 Å². The summed E-state index contributed by atoms with van der Waals surface area (Å²) in [5, 5.41) is 0. The van der Waals surface area contributed by atoms with Crippen molar-refractivity contribution in [3.05, 3.63) is 0 Å². The van der Waals surface area contributed by atoms with Crippen molar-refractivity contribution in [3.8, 4) is 0 Å². The second-order valence-electron chi connectivity index (χ2n) is 3.18. The fraction of sp³-hybridized carbons (Fsp3) is 1.00. The van der Waals surface area contributed by atoms with Gasteiger partial charge in [-0.15, -0.1) is 0 Å². The number of fused-ring (bicyclic) bond motifs is 2. The van der Waals surface area contributed by atoms with Crippen LogP contribution >= 0.6 is 0 Å². The topological polar surface area (TPSA) is 35.2 Å². The maximum atomic E-state index is 5.84. The van der Waals surface area contributed by atoms with Crippen LogP contribution in [0.4, 0.5) is 0 Å². The Balaban J connectivity index is 2.07. The van der Waals surface area contributed by atoms with Gasteiger partial charge >= 0.3 is 0 Å². The summed E-state index contributed by atoms with van der Waals surface area (Å²) < 4.78 is 5.46. The van der Waals surface area contributed by atoms with Crippen molar-refractivity contribution in [2.75, 3.05) is 6.61 Å². The summed E-state index contributed by atoms with van der Waals surface area (Å²) >= 11 is 0. The van der Waals surface area contributed by atoms with Crippen LogP contribution in [0.2, 0.25) is 0 Å². The van der Waals surface area contributed by atoms with Crippen LogP contribution in [0.3, 0.4) is 0 Å². The Kier molecular flexibility index (Phi) is 1.24. The summed E-state index contributed by atoms with van der Waals surface area (Å²) in [5.74, 6) is 0.781. The van der Waals surface area contributed by atoms with Gasteiger partial charge in [-0.25, -0.2) is 0 Å². The highest BCUT2D eigenvalue weighted by molar-refractivity contribution is 4.89. The van der Waals surface area contributed by atoms with E-state index in [9.17, 15) is 0 Å². The quantitative estimate of drug-likeness (QED) is 0.514. The molecule has 2 bridgehead atoms. The third-order valence-corrected chi connectivity index (χ3v) is 2.55. The van der Waals surface area contributed by atoms with Gasteiger partial charge in [0.05, 0.1) is 6.10 Å². The van der Waals surface area contributed by atoms with Gasteiger partial charge in [-0.1, -0.05) is 0 Å². The van der Waals surface area contributed by atoms with Crippen LogP contribution in [-0.2, 0) is 4.74 Å². The molecule has 2 heteroatoms. The Morgan fingerprint density at radius 1 is 1.33 bits per heavy atom. The van der Waals surface area contributed by atoms with E-state index >= 15 is 0 Å². The van der Waals surface area contributed by atoms with Gasteiger partial charge in [0.1, 0.15) is 0 Å². The Hall–Kier alpha value is -0.0800. The Morgan fingerprint density at radius 3 is 2.89 bits per heavy atom. The van der Waals surface area contributed by atoms with E-state index in [-0.39, 0.29) is 0 Å². The first-order chi connectivity index (χ1) is 4.36. The van der Waals surface area contributed by atoms with E-state index in [1.54, 1.807) is 0 Å². The molecule has 1 saturated carbocycles. The second kappa shape index (κ2) is 1.96. The number of hydrogen-bond donors (Lipinski definition) is 1. The molecule has 2 aliphatic rings. The van der Waals surface area contributed by atoms with E-state index in [2.05, 4.69) is 0 Å². The van der Waals surface area contributed by atoms with Crippen LogP contribution in [0.25, 0.3) is 0 Å². The SMILES string of the molecule is NC1CC2CC1CCO2. The Morgan fingerprint density at radius 2 is 2.22 bits per heavy atom. The standard InChI is InChI=1S/C7H13NO/c8-7-4-6-3-5(7)1-2-9-6/h5-7H,1-4,8H2. The van der Waals surface area contributed by atoms with Crippen LogP contribution in [0.5, 0.6) is 0 Å². The molecular weight excluding hydrogens is 114 g/mol. The van der Waals surface area contributed by atoms with Gasteiger partial charge < -0.3 is 10.5 Å². The molecule has 0 aromatic carbocycles. The average Bonchev–Trinajstić information content (AvgIpc) is 2.09. The molecule has 9 heavy (non-hydrogen) atoms. The van der Waals surface area contributed by atoms with Crippen molar-refractivity contribution in [1.29, 1.82) is 0 Å². The van der Waals surface area contributed by atoms with E-state index in [4.69, 9.17) is 10.5 Å². The summed E-state index contributed by atoms with van der Waals surface area (Å²) in [7, 11) is 0. The fourth-order valence-electron chi connectivity index (χ4n) is 1.96. The smallest absolute Gasteiger partial charge is 0.0593 e. The first-order valence-electron chi connectivity index (χ1n) is 3.73. The van der Waals surface area contributed by atoms with Crippen molar-refractivity contribution < 1.29 is 4.74 Å². The zero-order valence-corrected chi connectivity index (χ0v) is 5.55. The van der Waals surface area contributed by atoms with Crippen molar-refractivity contribution in [1.82, 2.24) is 0 Å². The van der Waals surface area contributed by atoms with Gasteiger partial charge in [-0.3, -0.25) is 0 Å². The number of hydrogen-bond acceptors (Lipinski definition) is 2. The molecule has 3 atom stereocenters. The third-order valence-electron chi connectivity index (χ3n) is 2.55. The van der Waals surface area contributed by atoms with E-state index in [0.717, 1.165) is 18.9 Å². The van der Waals surface area contributed by atoms with E-state index in [1.165, 1.54) is 12.8 Å². The highest BCUT2D eigenvalue weighted by atomic mass is 16.5. The molecule has 0 amide bonds.